The van der Waals surface area contributed by atoms with Crippen molar-refractivity contribution in [3.05, 3.63) is 41.5 Å². The van der Waals surface area contributed by atoms with Gasteiger partial charge >= 0.3 is 0 Å². The number of fused-ring (bicyclic) bond motifs is 5. The lowest BCUT2D eigenvalue weighted by molar-refractivity contribution is 0.0638. The van der Waals surface area contributed by atoms with E-state index in [0.717, 1.165) is 39.8 Å². The van der Waals surface area contributed by atoms with Crippen LogP contribution < -0.4 is 0 Å². The monoisotopic (exact) mass is 395 g/mol. The van der Waals surface area contributed by atoms with Gasteiger partial charge < -0.3 is 9.47 Å². The predicted molar refractivity (Wildman–Crippen MR) is 115 cm³/mol. The molecule has 0 bridgehead atoms. The van der Waals surface area contributed by atoms with E-state index in [0.29, 0.717) is 24.2 Å². The minimum absolute atomic E-state index is 0.171. The van der Waals surface area contributed by atoms with Crippen LogP contribution in [-0.4, -0.2) is 58.6 Å². The smallest absolute Gasteiger partial charge is 0.263 e. The highest BCUT2D eigenvalue weighted by atomic mass is 32.2. The third-order valence-corrected chi connectivity index (χ3v) is 6.59. The van der Waals surface area contributed by atoms with Gasteiger partial charge in [0.25, 0.3) is 11.8 Å². The Morgan fingerprint density at radius 2 is 1.79 bits per heavy atom. The number of hydrogen-bond acceptors (Lipinski definition) is 4. The molecule has 28 heavy (non-hydrogen) atoms. The van der Waals surface area contributed by atoms with Gasteiger partial charge in [-0.2, -0.15) is 0 Å². The van der Waals surface area contributed by atoms with E-state index in [2.05, 4.69) is 35.4 Å². The highest BCUT2D eigenvalue weighted by Crippen LogP contribution is 2.41. The van der Waals surface area contributed by atoms with Crippen LogP contribution in [0.1, 0.15) is 34.6 Å². The molecule has 0 aliphatic carbocycles. The maximum absolute atomic E-state index is 13.3. The highest BCUT2D eigenvalue weighted by molar-refractivity contribution is 7.98. The molecule has 1 aliphatic heterocycles. The SMILES string of the molecule is CCN(CC)CCN1C(=O)c2cc(SC)c3c4ccccc4n(C)c3c2C1=O. The third-order valence-electron chi connectivity index (χ3n) is 5.82. The first-order valence-corrected chi connectivity index (χ1v) is 10.9. The van der Waals surface area contributed by atoms with E-state index in [4.69, 9.17) is 0 Å². The molecular weight excluding hydrogens is 370 g/mol. The van der Waals surface area contributed by atoms with Crippen molar-refractivity contribution in [1.82, 2.24) is 14.4 Å². The van der Waals surface area contributed by atoms with E-state index < -0.39 is 0 Å². The molecule has 0 unspecified atom stereocenters. The van der Waals surface area contributed by atoms with Gasteiger partial charge in [-0.15, -0.1) is 11.8 Å². The first-order valence-electron chi connectivity index (χ1n) is 9.70. The number of rotatable bonds is 6. The second-order valence-corrected chi connectivity index (χ2v) is 7.94. The van der Waals surface area contributed by atoms with Crippen molar-refractivity contribution >= 4 is 45.4 Å². The van der Waals surface area contributed by atoms with Crippen LogP contribution in [0.5, 0.6) is 0 Å². The molecule has 0 N–H and O–H groups in total. The minimum Gasteiger partial charge on any atom is -0.343 e. The number of nitrogens with zero attached hydrogens (tertiary/aromatic N) is 3. The van der Waals surface area contributed by atoms with Gasteiger partial charge in [0.1, 0.15) is 0 Å². The molecule has 2 amide bonds. The summed E-state index contributed by atoms with van der Waals surface area (Å²) in [6, 6.07) is 10.1. The lowest BCUT2D eigenvalue weighted by Gasteiger charge is -2.21. The molecule has 3 aromatic rings. The fourth-order valence-electron chi connectivity index (χ4n) is 4.24. The van der Waals surface area contributed by atoms with Crippen molar-refractivity contribution in [2.75, 3.05) is 32.4 Å². The number of aromatic nitrogens is 1. The standard InChI is InChI=1S/C22H25N3O2S/c1-5-24(6-2)11-12-25-21(26)15-13-17(28-4)18-14-9-7-8-10-16(14)23(3)20(18)19(15)22(25)27/h7-10,13H,5-6,11-12H2,1-4H3. The number of hydrogen-bond donors (Lipinski definition) is 0. The van der Waals surface area contributed by atoms with Gasteiger partial charge in [-0.1, -0.05) is 32.0 Å². The molecule has 5 nitrogen and oxygen atoms in total. The van der Waals surface area contributed by atoms with Crippen LogP contribution in [0.15, 0.2) is 35.2 Å². The zero-order chi connectivity index (χ0) is 20.0. The number of carbonyl (C=O) groups is 2. The van der Waals surface area contributed by atoms with Gasteiger partial charge in [0, 0.05) is 41.3 Å². The second kappa shape index (κ2) is 7.26. The number of aryl methyl sites for hydroxylation is 1. The van der Waals surface area contributed by atoms with Gasteiger partial charge in [0.05, 0.1) is 16.6 Å². The van der Waals surface area contributed by atoms with Gasteiger partial charge in [-0.25, -0.2) is 0 Å². The topological polar surface area (TPSA) is 45.5 Å². The molecule has 1 aromatic heterocycles. The summed E-state index contributed by atoms with van der Waals surface area (Å²) in [7, 11) is 1.98. The Morgan fingerprint density at radius 1 is 1.07 bits per heavy atom. The lowest BCUT2D eigenvalue weighted by Crippen LogP contribution is -2.38. The maximum Gasteiger partial charge on any atom is 0.263 e. The molecule has 1 aliphatic rings. The maximum atomic E-state index is 13.3. The predicted octanol–water partition coefficient (Wildman–Crippen LogP) is 3.99. The largest absolute Gasteiger partial charge is 0.343 e. The molecule has 0 fully saturated rings. The average Bonchev–Trinajstić information content (AvgIpc) is 3.15. The van der Waals surface area contributed by atoms with E-state index in [1.807, 2.05) is 31.5 Å². The van der Waals surface area contributed by atoms with Gasteiger partial charge in [-0.05, 0) is 31.5 Å². The zero-order valence-electron chi connectivity index (χ0n) is 16.8. The summed E-state index contributed by atoms with van der Waals surface area (Å²) in [5, 5.41) is 2.19. The Hall–Kier alpha value is -2.31. The number of carbonyl (C=O) groups excluding carboxylic acids is 2. The molecule has 4 rings (SSSR count). The molecular formula is C22H25N3O2S. The Labute approximate surface area is 169 Å². The van der Waals surface area contributed by atoms with Crippen LogP contribution in [0.4, 0.5) is 0 Å². The van der Waals surface area contributed by atoms with Crippen LogP contribution >= 0.6 is 11.8 Å². The molecule has 2 heterocycles. The number of imide groups is 1. The van der Waals surface area contributed by atoms with Gasteiger partial charge in [0.15, 0.2) is 0 Å². The molecule has 2 aromatic carbocycles. The Kier molecular flexibility index (Phi) is 4.93. The number of likely N-dealkylation sites (N-methyl/N-ethyl adjacent to an activating group) is 1. The summed E-state index contributed by atoms with van der Waals surface area (Å²) in [5.74, 6) is -0.342. The van der Waals surface area contributed by atoms with Gasteiger partial charge in [0.2, 0.25) is 0 Å². The van der Waals surface area contributed by atoms with E-state index in [-0.39, 0.29) is 11.8 Å². The third kappa shape index (κ3) is 2.66. The van der Waals surface area contributed by atoms with E-state index in [1.165, 1.54) is 4.90 Å². The van der Waals surface area contributed by atoms with Crippen molar-refractivity contribution in [2.45, 2.75) is 18.7 Å². The Balaban J connectivity index is 1.89. The van der Waals surface area contributed by atoms with E-state index in [9.17, 15) is 9.59 Å². The van der Waals surface area contributed by atoms with Crippen LogP contribution in [0.25, 0.3) is 21.8 Å². The zero-order valence-corrected chi connectivity index (χ0v) is 17.6. The highest BCUT2D eigenvalue weighted by Gasteiger charge is 2.39. The van der Waals surface area contributed by atoms with Gasteiger partial charge in [-0.3, -0.25) is 14.5 Å². The molecule has 0 saturated heterocycles. The molecule has 0 atom stereocenters. The van der Waals surface area contributed by atoms with Crippen molar-refractivity contribution in [3.8, 4) is 0 Å². The molecule has 0 spiro atoms. The molecule has 0 saturated carbocycles. The number of para-hydroxylation sites is 1. The summed E-state index contributed by atoms with van der Waals surface area (Å²) < 4.78 is 2.06. The number of benzene rings is 2. The normalized spacial score (nSPS) is 14.1. The lowest BCUT2D eigenvalue weighted by atomic mass is 10.0. The van der Waals surface area contributed by atoms with Crippen molar-refractivity contribution in [1.29, 1.82) is 0 Å². The van der Waals surface area contributed by atoms with Crippen LogP contribution in [-0.2, 0) is 7.05 Å². The van der Waals surface area contributed by atoms with Crippen molar-refractivity contribution < 1.29 is 9.59 Å². The van der Waals surface area contributed by atoms with Crippen LogP contribution in [0.3, 0.4) is 0 Å². The van der Waals surface area contributed by atoms with Crippen molar-refractivity contribution in [2.24, 2.45) is 7.05 Å². The number of amides is 2. The fraction of sp³-hybridized carbons (Fsp3) is 0.364. The summed E-state index contributed by atoms with van der Waals surface area (Å²) in [6.07, 6.45) is 2.02. The van der Waals surface area contributed by atoms with E-state index in [1.54, 1.807) is 11.8 Å². The summed E-state index contributed by atoms with van der Waals surface area (Å²) in [4.78, 5) is 31.1. The summed E-state index contributed by atoms with van der Waals surface area (Å²) in [5.41, 5.74) is 3.03. The van der Waals surface area contributed by atoms with Crippen LogP contribution in [0.2, 0.25) is 0 Å². The first-order chi connectivity index (χ1) is 13.5. The first kappa shape index (κ1) is 19.0. The number of thioether (sulfide) groups is 1. The Morgan fingerprint density at radius 3 is 2.46 bits per heavy atom. The molecule has 0 radical (unpaired) electrons. The second-order valence-electron chi connectivity index (χ2n) is 7.09. The summed E-state index contributed by atoms with van der Waals surface area (Å²) in [6.45, 7) is 7.12. The minimum atomic E-state index is -0.172. The van der Waals surface area contributed by atoms with Crippen molar-refractivity contribution in [3.63, 3.8) is 0 Å². The average molecular weight is 396 g/mol. The fourth-order valence-corrected chi connectivity index (χ4v) is 4.89. The Bertz CT molecular complexity index is 1100. The molecule has 6 heteroatoms. The molecule has 146 valence electrons. The summed E-state index contributed by atoms with van der Waals surface area (Å²) >= 11 is 1.62. The van der Waals surface area contributed by atoms with E-state index >= 15 is 0 Å². The van der Waals surface area contributed by atoms with Crippen LogP contribution in [0, 0.1) is 0 Å². The quantitative estimate of drug-likeness (QED) is 0.468.